The van der Waals surface area contributed by atoms with Crippen molar-refractivity contribution in [1.82, 2.24) is 9.97 Å². The number of fused-ring (bicyclic) bond motifs is 2. The number of aryl methyl sites for hydroxylation is 1. The van der Waals surface area contributed by atoms with Gasteiger partial charge in [0.15, 0.2) is 23.0 Å². The minimum atomic E-state index is 0.249. The van der Waals surface area contributed by atoms with Gasteiger partial charge in [0.25, 0.3) is 0 Å². The van der Waals surface area contributed by atoms with Crippen molar-refractivity contribution in [3.63, 3.8) is 0 Å². The van der Waals surface area contributed by atoms with Crippen LogP contribution in [-0.4, -0.2) is 23.6 Å². The third kappa shape index (κ3) is 3.20. The average Bonchev–Trinajstić information content (AvgIpc) is 3.36. The lowest BCUT2D eigenvalue weighted by molar-refractivity contribution is 0.173. The second kappa shape index (κ2) is 6.80. The van der Waals surface area contributed by atoms with Crippen molar-refractivity contribution < 1.29 is 18.9 Å². The van der Waals surface area contributed by atoms with Gasteiger partial charge in [-0.3, -0.25) is 0 Å². The molecule has 2 aliphatic rings. The molecular weight excluding hydrogens is 360 g/mol. The van der Waals surface area contributed by atoms with E-state index < -0.39 is 0 Å². The fourth-order valence-corrected chi connectivity index (χ4v) is 3.00. The zero-order valence-corrected chi connectivity index (χ0v) is 15.2. The van der Waals surface area contributed by atoms with Crippen molar-refractivity contribution in [1.29, 1.82) is 0 Å². The molecule has 0 bridgehead atoms. The number of ether oxygens (including phenoxy) is 4. The fraction of sp³-hybridized carbons (Fsp3) is 0.200. The molecule has 8 nitrogen and oxygen atoms in total. The predicted molar refractivity (Wildman–Crippen MR) is 103 cm³/mol. The minimum absolute atomic E-state index is 0.249. The van der Waals surface area contributed by atoms with Crippen molar-refractivity contribution in [2.45, 2.75) is 13.5 Å². The van der Waals surface area contributed by atoms with E-state index in [-0.39, 0.29) is 13.6 Å². The molecule has 28 heavy (non-hydrogen) atoms. The first kappa shape index (κ1) is 16.5. The van der Waals surface area contributed by atoms with E-state index in [1.807, 2.05) is 43.3 Å². The Hall–Kier alpha value is -3.68. The third-order valence-electron chi connectivity index (χ3n) is 4.49. The highest BCUT2D eigenvalue weighted by molar-refractivity contribution is 5.64. The summed E-state index contributed by atoms with van der Waals surface area (Å²) in [5, 5.41) is 6.56. The largest absolute Gasteiger partial charge is 0.454 e. The van der Waals surface area contributed by atoms with E-state index in [1.165, 1.54) is 0 Å². The molecule has 1 aromatic heterocycles. The highest BCUT2D eigenvalue weighted by Crippen LogP contribution is 2.35. The topological polar surface area (TPSA) is 86.8 Å². The van der Waals surface area contributed by atoms with Gasteiger partial charge in [0.05, 0.1) is 0 Å². The molecular formula is C20H18N4O4. The van der Waals surface area contributed by atoms with Crippen LogP contribution in [0.5, 0.6) is 23.0 Å². The van der Waals surface area contributed by atoms with Gasteiger partial charge in [-0.1, -0.05) is 6.07 Å². The molecule has 142 valence electrons. The van der Waals surface area contributed by atoms with Crippen LogP contribution in [0.15, 0.2) is 42.6 Å². The molecule has 0 spiro atoms. The number of hydrogen-bond acceptors (Lipinski definition) is 8. The van der Waals surface area contributed by atoms with Crippen LogP contribution in [0.1, 0.15) is 11.1 Å². The second-order valence-corrected chi connectivity index (χ2v) is 6.46. The first-order valence-electron chi connectivity index (χ1n) is 8.87. The molecule has 2 aromatic carbocycles. The molecule has 0 fully saturated rings. The fourth-order valence-electron chi connectivity index (χ4n) is 3.00. The molecule has 3 aromatic rings. The predicted octanol–water partition coefficient (Wildman–Crippen LogP) is 3.60. The molecule has 0 atom stereocenters. The minimum Gasteiger partial charge on any atom is -0.454 e. The Labute approximate surface area is 161 Å². The molecule has 0 saturated carbocycles. The number of anilines is 3. The Morgan fingerprint density at radius 1 is 0.893 bits per heavy atom. The van der Waals surface area contributed by atoms with Crippen LogP contribution in [0.4, 0.5) is 17.5 Å². The molecule has 5 rings (SSSR count). The van der Waals surface area contributed by atoms with E-state index in [0.717, 1.165) is 45.6 Å². The van der Waals surface area contributed by atoms with E-state index in [4.69, 9.17) is 18.9 Å². The lowest BCUT2D eigenvalue weighted by Crippen LogP contribution is -2.06. The van der Waals surface area contributed by atoms with E-state index in [0.29, 0.717) is 12.5 Å². The second-order valence-electron chi connectivity index (χ2n) is 6.46. The maximum absolute atomic E-state index is 5.42. The van der Waals surface area contributed by atoms with Crippen LogP contribution in [0, 0.1) is 6.92 Å². The SMILES string of the molecule is Cc1cnc(NCc2ccc3c(c2)OCO3)nc1Nc1ccc2c(c1)OCO2. The summed E-state index contributed by atoms with van der Waals surface area (Å²) in [5.74, 6) is 4.25. The quantitative estimate of drug-likeness (QED) is 0.696. The number of benzene rings is 2. The van der Waals surface area contributed by atoms with Gasteiger partial charge in [-0.25, -0.2) is 4.98 Å². The molecule has 0 saturated heterocycles. The molecule has 8 heteroatoms. The lowest BCUT2D eigenvalue weighted by atomic mass is 10.2. The number of aromatic nitrogens is 2. The van der Waals surface area contributed by atoms with Gasteiger partial charge in [0, 0.05) is 30.1 Å². The first-order valence-corrected chi connectivity index (χ1v) is 8.87. The standard InChI is InChI=1S/C20H18N4O4/c1-12-8-21-20(22-9-13-2-4-15-17(6-13)27-10-25-15)24-19(12)23-14-3-5-16-18(7-14)28-11-26-16/h2-8H,9-11H2,1H3,(H2,21,22,23,24). The average molecular weight is 378 g/mol. The van der Waals surface area contributed by atoms with E-state index in [9.17, 15) is 0 Å². The molecule has 0 amide bonds. The Morgan fingerprint density at radius 3 is 2.43 bits per heavy atom. The summed E-state index contributed by atoms with van der Waals surface area (Å²) >= 11 is 0. The van der Waals surface area contributed by atoms with Crippen molar-refractivity contribution >= 4 is 17.5 Å². The van der Waals surface area contributed by atoms with E-state index in [1.54, 1.807) is 6.20 Å². The zero-order valence-electron chi connectivity index (χ0n) is 15.2. The molecule has 3 heterocycles. The summed E-state index contributed by atoms with van der Waals surface area (Å²) < 4.78 is 21.5. The smallest absolute Gasteiger partial charge is 0.231 e. The maximum atomic E-state index is 5.42. The monoisotopic (exact) mass is 378 g/mol. The van der Waals surface area contributed by atoms with Crippen molar-refractivity contribution in [2.75, 3.05) is 24.2 Å². The normalized spacial score (nSPS) is 13.5. The van der Waals surface area contributed by atoms with Crippen LogP contribution in [0.25, 0.3) is 0 Å². The highest BCUT2D eigenvalue weighted by atomic mass is 16.7. The van der Waals surface area contributed by atoms with Crippen molar-refractivity contribution in [3.8, 4) is 23.0 Å². The van der Waals surface area contributed by atoms with Crippen LogP contribution < -0.4 is 29.6 Å². The number of rotatable bonds is 5. The Kier molecular flexibility index (Phi) is 4.01. The molecule has 0 radical (unpaired) electrons. The summed E-state index contributed by atoms with van der Waals surface area (Å²) in [4.78, 5) is 8.95. The van der Waals surface area contributed by atoms with Gasteiger partial charge in [-0.2, -0.15) is 4.98 Å². The van der Waals surface area contributed by atoms with Gasteiger partial charge in [-0.05, 0) is 36.8 Å². The Bertz CT molecular complexity index is 1040. The Morgan fingerprint density at radius 2 is 1.61 bits per heavy atom. The van der Waals surface area contributed by atoms with Crippen LogP contribution >= 0.6 is 0 Å². The van der Waals surface area contributed by atoms with Crippen molar-refractivity contribution in [3.05, 3.63) is 53.7 Å². The van der Waals surface area contributed by atoms with Crippen molar-refractivity contribution in [2.24, 2.45) is 0 Å². The molecule has 2 N–H and O–H groups in total. The van der Waals surface area contributed by atoms with Gasteiger partial charge < -0.3 is 29.6 Å². The Balaban J connectivity index is 1.30. The van der Waals surface area contributed by atoms with Gasteiger partial charge >= 0.3 is 0 Å². The van der Waals surface area contributed by atoms with Crippen LogP contribution in [-0.2, 0) is 6.54 Å². The number of nitrogens with zero attached hydrogens (tertiary/aromatic N) is 2. The number of nitrogens with one attached hydrogen (secondary N) is 2. The molecule has 2 aliphatic heterocycles. The highest BCUT2D eigenvalue weighted by Gasteiger charge is 2.15. The maximum Gasteiger partial charge on any atom is 0.231 e. The molecule has 0 unspecified atom stereocenters. The summed E-state index contributed by atoms with van der Waals surface area (Å²) in [6.45, 7) is 3.04. The van der Waals surface area contributed by atoms with E-state index in [2.05, 4.69) is 20.6 Å². The van der Waals surface area contributed by atoms with Crippen LogP contribution in [0.2, 0.25) is 0 Å². The van der Waals surface area contributed by atoms with Gasteiger partial charge in [0.2, 0.25) is 19.5 Å². The summed E-state index contributed by atoms with van der Waals surface area (Å²) in [6.07, 6.45) is 1.78. The van der Waals surface area contributed by atoms with E-state index >= 15 is 0 Å². The summed E-state index contributed by atoms with van der Waals surface area (Å²) in [7, 11) is 0. The summed E-state index contributed by atoms with van der Waals surface area (Å²) in [6, 6.07) is 11.5. The number of hydrogen-bond donors (Lipinski definition) is 2. The van der Waals surface area contributed by atoms with Gasteiger partial charge in [0.1, 0.15) is 5.82 Å². The third-order valence-corrected chi connectivity index (χ3v) is 4.49. The lowest BCUT2D eigenvalue weighted by Gasteiger charge is -2.11. The molecule has 0 aliphatic carbocycles. The summed E-state index contributed by atoms with van der Waals surface area (Å²) in [5.41, 5.74) is 2.86. The van der Waals surface area contributed by atoms with Gasteiger partial charge in [-0.15, -0.1) is 0 Å². The zero-order chi connectivity index (χ0) is 18.9. The van der Waals surface area contributed by atoms with Crippen LogP contribution in [0.3, 0.4) is 0 Å². The first-order chi connectivity index (χ1) is 13.7.